The fraction of sp³-hybridized carbons (Fsp3) is 0.667. The topological polar surface area (TPSA) is 58.2 Å². The van der Waals surface area contributed by atoms with E-state index in [1.165, 1.54) is 6.92 Å². The molecule has 6 heteroatoms. The minimum absolute atomic E-state index is 0.334. The molecule has 0 aromatic rings. The van der Waals surface area contributed by atoms with Gasteiger partial charge in [0.05, 0.1) is 5.92 Å². The van der Waals surface area contributed by atoms with Crippen LogP contribution in [0.25, 0.3) is 0 Å². The Bertz CT molecular complexity index is 230. The molecular formula is C6H8Cl2N2O2. The van der Waals surface area contributed by atoms with E-state index in [2.05, 4.69) is 10.9 Å². The van der Waals surface area contributed by atoms with Gasteiger partial charge in [0.2, 0.25) is 11.8 Å². The molecule has 2 N–H and O–H groups in total. The van der Waals surface area contributed by atoms with Crippen molar-refractivity contribution in [2.75, 3.05) is 0 Å². The second-order valence-corrected chi connectivity index (χ2v) is 4.23. The molecule has 1 aliphatic rings. The van der Waals surface area contributed by atoms with E-state index in [0.29, 0.717) is 6.42 Å². The molecule has 68 valence electrons. The summed E-state index contributed by atoms with van der Waals surface area (Å²) in [6.07, 6.45) is 0.432. The van der Waals surface area contributed by atoms with E-state index >= 15 is 0 Å². The molecule has 0 bridgehead atoms. The average molecular weight is 211 g/mol. The van der Waals surface area contributed by atoms with Crippen molar-refractivity contribution in [3.05, 3.63) is 0 Å². The van der Waals surface area contributed by atoms with Crippen LogP contribution in [0.1, 0.15) is 13.3 Å². The lowest BCUT2D eigenvalue weighted by Crippen LogP contribution is -2.41. The van der Waals surface area contributed by atoms with Gasteiger partial charge in [-0.3, -0.25) is 20.4 Å². The maximum absolute atomic E-state index is 11.0. The quantitative estimate of drug-likeness (QED) is 0.485. The highest BCUT2D eigenvalue weighted by Gasteiger charge is 2.56. The predicted octanol–water partition coefficient (Wildman–Crippen LogP) is 0.348. The summed E-state index contributed by atoms with van der Waals surface area (Å²) in [5.74, 6) is -1.10. The van der Waals surface area contributed by atoms with E-state index < -0.39 is 10.3 Å². The summed E-state index contributed by atoms with van der Waals surface area (Å²) in [5.41, 5.74) is 4.34. The van der Waals surface area contributed by atoms with E-state index in [9.17, 15) is 9.59 Å². The lowest BCUT2D eigenvalue weighted by Gasteiger charge is -2.03. The summed E-state index contributed by atoms with van der Waals surface area (Å²) in [6.45, 7) is 1.29. The predicted molar refractivity (Wildman–Crippen MR) is 44.5 cm³/mol. The zero-order valence-electron chi connectivity index (χ0n) is 6.36. The minimum Gasteiger partial charge on any atom is -0.274 e. The number of halogens is 2. The molecule has 12 heavy (non-hydrogen) atoms. The first-order chi connectivity index (χ1) is 5.43. The number of amides is 2. The molecule has 0 aliphatic heterocycles. The lowest BCUT2D eigenvalue weighted by molar-refractivity contribution is -0.128. The smallest absolute Gasteiger partial charge is 0.244 e. The SMILES string of the molecule is CC(=O)NNC(=O)C1CC1(Cl)Cl. The largest absolute Gasteiger partial charge is 0.274 e. The van der Waals surface area contributed by atoms with Crippen LogP contribution in [0.15, 0.2) is 0 Å². The Balaban J connectivity index is 2.27. The summed E-state index contributed by atoms with van der Waals surface area (Å²) < 4.78 is -0.942. The maximum Gasteiger partial charge on any atom is 0.244 e. The number of hydrogen-bond donors (Lipinski definition) is 2. The summed E-state index contributed by atoms with van der Waals surface area (Å²) >= 11 is 11.2. The van der Waals surface area contributed by atoms with Crippen molar-refractivity contribution < 1.29 is 9.59 Å². The monoisotopic (exact) mass is 210 g/mol. The van der Waals surface area contributed by atoms with Crippen LogP contribution in [0.3, 0.4) is 0 Å². The van der Waals surface area contributed by atoms with Crippen molar-refractivity contribution in [3.8, 4) is 0 Å². The normalized spacial score (nSPS) is 24.4. The van der Waals surface area contributed by atoms with Gasteiger partial charge in [-0.2, -0.15) is 0 Å². The van der Waals surface area contributed by atoms with Crippen molar-refractivity contribution in [2.45, 2.75) is 17.7 Å². The van der Waals surface area contributed by atoms with Crippen molar-refractivity contribution in [1.29, 1.82) is 0 Å². The number of hydrogen-bond acceptors (Lipinski definition) is 2. The number of carbonyl (C=O) groups is 2. The highest BCUT2D eigenvalue weighted by atomic mass is 35.5. The van der Waals surface area contributed by atoms with E-state index in [0.717, 1.165) is 0 Å². The molecule has 1 rings (SSSR count). The van der Waals surface area contributed by atoms with E-state index in [-0.39, 0.29) is 11.8 Å². The van der Waals surface area contributed by atoms with E-state index in [1.54, 1.807) is 0 Å². The molecule has 4 nitrogen and oxygen atoms in total. The van der Waals surface area contributed by atoms with Gasteiger partial charge in [0.1, 0.15) is 4.33 Å². The third-order valence-corrected chi connectivity index (χ3v) is 2.34. The van der Waals surface area contributed by atoms with Crippen LogP contribution in [0.5, 0.6) is 0 Å². The number of nitrogens with one attached hydrogen (secondary N) is 2. The lowest BCUT2D eigenvalue weighted by atomic mass is 10.4. The first-order valence-electron chi connectivity index (χ1n) is 3.38. The van der Waals surface area contributed by atoms with Crippen LogP contribution in [0.4, 0.5) is 0 Å². The van der Waals surface area contributed by atoms with Crippen LogP contribution in [0.2, 0.25) is 0 Å². The van der Waals surface area contributed by atoms with Crippen LogP contribution in [0, 0.1) is 5.92 Å². The van der Waals surface area contributed by atoms with Gasteiger partial charge < -0.3 is 0 Å². The summed E-state index contributed by atoms with van der Waals surface area (Å²) in [6, 6.07) is 0. The third kappa shape index (κ3) is 2.25. The number of hydrazine groups is 1. The summed E-state index contributed by atoms with van der Waals surface area (Å²) in [7, 11) is 0. The van der Waals surface area contributed by atoms with Gasteiger partial charge in [-0.15, -0.1) is 23.2 Å². The maximum atomic E-state index is 11.0. The first-order valence-corrected chi connectivity index (χ1v) is 4.13. The molecule has 0 radical (unpaired) electrons. The summed E-state index contributed by atoms with van der Waals surface area (Å²) in [5, 5.41) is 0. The molecule has 0 saturated heterocycles. The standard InChI is InChI=1S/C6H8Cl2N2O2/c1-3(11)9-10-5(12)4-2-6(4,7)8/h4H,2H2,1H3,(H,9,11)(H,10,12). The van der Waals surface area contributed by atoms with Gasteiger partial charge in [-0.1, -0.05) is 0 Å². The Morgan fingerprint density at radius 3 is 2.25 bits per heavy atom. The summed E-state index contributed by atoms with van der Waals surface area (Å²) in [4.78, 5) is 21.4. The van der Waals surface area contributed by atoms with Crippen LogP contribution < -0.4 is 10.9 Å². The van der Waals surface area contributed by atoms with Crippen LogP contribution in [-0.4, -0.2) is 16.1 Å². The first kappa shape index (κ1) is 9.61. The van der Waals surface area contributed by atoms with Crippen LogP contribution >= 0.6 is 23.2 Å². The highest BCUT2D eigenvalue weighted by Crippen LogP contribution is 2.53. The Morgan fingerprint density at radius 1 is 1.42 bits per heavy atom. The second kappa shape index (κ2) is 3.11. The van der Waals surface area contributed by atoms with Gasteiger partial charge >= 0.3 is 0 Å². The fourth-order valence-corrected chi connectivity index (χ4v) is 1.24. The molecule has 0 aromatic carbocycles. The zero-order valence-corrected chi connectivity index (χ0v) is 7.87. The molecule has 0 aromatic heterocycles. The minimum atomic E-state index is -0.942. The Kier molecular flexibility index (Phi) is 2.49. The van der Waals surface area contributed by atoms with E-state index in [4.69, 9.17) is 23.2 Å². The Hall–Kier alpha value is -0.480. The molecule has 1 aliphatic carbocycles. The molecule has 1 unspecified atom stereocenters. The van der Waals surface area contributed by atoms with Crippen molar-refractivity contribution in [1.82, 2.24) is 10.9 Å². The molecular weight excluding hydrogens is 203 g/mol. The van der Waals surface area contributed by atoms with Gasteiger partial charge in [-0.25, -0.2) is 0 Å². The molecule has 0 spiro atoms. The van der Waals surface area contributed by atoms with Gasteiger partial charge in [0.25, 0.3) is 0 Å². The fourth-order valence-electron chi connectivity index (χ4n) is 0.734. The van der Waals surface area contributed by atoms with Crippen molar-refractivity contribution in [2.24, 2.45) is 5.92 Å². The van der Waals surface area contributed by atoms with Gasteiger partial charge in [0.15, 0.2) is 0 Å². The van der Waals surface area contributed by atoms with Gasteiger partial charge in [-0.05, 0) is 6.42 Å². The number of carbonyl (C=O) groups excluding carboxylic acids is 2. The number of rotatable bonds is 1. The van der Waals surface area contributed by atoms with Crippen molar-refractivity contribution >= 4 is 35.0 Å². The third-order valence-electron chi connectivity index (χ3n) is 1.50. The molecule has 0 heterocycles. The molecule has 2 amide bonds. The molecule has 1 fully saturated rings. The van der Waals surface area contributed by atoms with Crippen molar-refractivity contribution in [3.63, 3.8) is 0 Å². The van der Waals surface area contributed by atoms with E-state index in [1.807, 2.05) is 0 Å². The molecule has 1 atom stereocenters. The Labute approximate surface area is 79.6 Å². The highest BCUT2D eigenvalue weighted by molar-refractivity contribution is 6.52. The number of alkyl halides is 2. The molecule has 1 saturated carbocycles. The van der Waals surface area contributed by atoms with Gasteiger partial charge in [0, 0.05) is 6.92 Å². The second-order valence-electron chi connectivity index (χ2n) is 2.69. The zero-order chi connectivity index (χ0) is 9.35. The average Bonchev–Trinajstić information content (AvgIpc) is 2.55. The Morgan fingerprint density at radius 2 is 1.92 bits per heavy atom. The van der Waals surface area contributed by atoms with Crippen LogP contribution in [-0.2, 0) is 9.59 Å².